The molecular formula is C9H10F2N2O3. The molecule has 0 bridgehead atoms. The van der Waals surface area contributed by atoms with Gasteiger partial charge in [-0.05, 0) is 17.7 Å². The van der Waals surface area contributed by atoms with Gasteiger partial charge in [-0.15, -0.1) is 0 Å². The minimum atomic E-state index is -3.04. The summed E-state index contributed by atoms with van der Waals surface area (Å²) in [6.45, 7) is -3.04. The Balaban J connectivity index is 3.06. The molecule has 0 heterocycles. The largest absolute Gasteiger partial charge is 0.481 e. The second-order valence-electron chi connectivity index (χ2n) is 3.05. The normalized spacial score (nSPS) is 10.4. The summed E-state index contributed by atoms with van der Waals surface area (Å²) in [6, 6.07) is 2.44. The molecule has 0 atom stereocenters. The molecular weight excluding hydrogens is 222 g/mol. The highest BCUT2D eigenvalue weighted by Gasteiger charge is 2.13. The van der Waals surface area contributed by atoms with Gasteiger partial charge < -0.3 is 21.3 Å². The molecule has 1 rings (SSSR count). The molecule has 0 saturated heterocycles. The third kappa shape index (κ3) is 2.97. The summed E-state index contributed by atoms with van der Waals surface area (Å²) in [5, 5.41) is 8.54. The van der Waals surface area contributed by atoms with Crippen LogP contribution in [0.3, 0.4) is 0 Å². The molecule has 1 aromatic rings. The molecule has 0 amide bonds. The van der Waals surface area contributed by atoms with Crippen molar-refractivity contribution in [2.24, 2.45) is 0 Å². The van der Waals surface area contributed by atoms with Crippen molar-refractivity contribution in [3.63, 3.8) is 0 Å². The van der Waals surface area contributed by atoms with Crippen molar-refractivity contribution in [3.05, 3.63) is 17.7 Å². The Morgan fingerprint density at radius 1 is 1.44 bits per heavy atom. The van der Waals surface area contributed by atoms with Gasteiger partial charge in [0.15, 0.2) is 5.75 Å². The first kappa shape index (κ1) is 12.0. The van der Waals surface area contributed by atoms with E-state index in [2.05, 4.69) is 4.74 Å². The fraction of sp³-hybridized carbons (Fsp3) is 0.222. The molecule has 88 valence electrons. The number of carboxylic acids is 1. The number of anilines is 2. The Labute approximate surface area is 89.6 Å². The number of halogens is 2. The van der Waals surface area contributed by atoms with Crippen LogP contribution >= 0.6 is 0 Å². The van der Waals surface area contributed by atoms with Crippen molar-refractivity contribution in [1.82, 2.24) is 0 Å². The summed E-state index contributed by atoms with van der Waals surface area (Å²) >= 11 is 0. The predicted octanol–water partition coefficient (Wildman–Crippen LogP) is 1.08. The van der Waals surface area contributed by atoms with Crippen molar-refractivity contribution in [3.8, 4) is 5.75 Å². The van der Waals surface area contributed by atoms with Crippen molar-refractivity contribution < 1.29 is 23.4 Å². The highest BCUT2D eigenvalue weighted by molar-refractivity contribution is 5.76. The highest BCUT2D eigenvalue weighted by atomic mass is 19.3. The fourth-order valence-electron chi connectivity index (χ4n) is 1.18. The number of carboxylic acid groups (broad SMARTS) is 1. The lowest BCUT2D eigenvalue weighted by Gasteiger charge is -2.11. The van der Waals surface area contributed by atoms with Gasteiger partial charge in [0, 0.05) is 0 Å². The zero-order valence-electron chi connectivity index (χ0n) is 8.11. The van der Waals surface area contributed by atoms with E-state index < -0.39 is 12.6 Å². The number of nitrogen functional groups attached to an aromatic ring is 2. The van der Waals surface area contributed by atoms with Crippen LogP contribution in [0.4, 0.5) is 20.2 Å². The van der Waals surface area contributed by atoms with Crippen molar-refractivity contribution in [1.29, 1.82) is 0 Å². The van der Waals surface area contributed by atoms with Gasteiger partial charge in [-0.3, -0.25) is 4.79 Å². The zero-order valence-corrected chi connectivity index (χ0v) is 8.11. The van der Waals surface area contributed by atoms with Gasteiger partial charge in [-0.25, -0.2) is 0 Å². The Morgan fingerprint density at radius 3 is 2.56 bits per heavy atom. The lowest BCUT2D eigenvalue weighted by atomic mass is 10.1. The van der Waals surface area contributed by atoms with Crippen molar-refractivity contribution in [2.75, 3.05) is 11.5 Å². The Bertz CT molecular complexity index is 410. The molecule has 0 aliphatic rings. The molecule has 0 aromatic heterocycles. The lowest BCUT2D eigenvalue weighted by Crippen LogP contribution is -2.08. The van der Waals surface area contributed by atoms with E-state index in [1.54, 1.807) is 0 Å². The molecule has 5 nitrogen and oxygen atoms in total. The van der Waals surface area contributed by atoms with E-state index in [0.717, 1.165) is 6.07 Å². The Kier molecular flexibility index (Phi) is 3.49. The fourth-order valence-corrected chi connectivity index (χ4v) is 1.18. The number of nitrogens with two attached hydrogens (primary N) is 2. The minimum absolute atomic E-state index is 0.00870. The van der Waals surface area contributed by atoms with Gasteiger partial charge in [-0.2, -0.15) is 8.78 Å². The molecule has 0 aliphatic carbocycles. The second kappa shape index (κ2) is 4.65. The third-order valence-electron chi connectivity index (χ3n) is 1.81. The van der Waals surface area contributed by atoms with Crippen molar-refractivity contribution in [2.45, 2.75) is 13.0 Å². The summed E-state index contributed by atoms with van der Waals surface area (Å²) in [5.41, 5.74) is 11.0. The van der Waals surface area contributed by atoms with Crippen molar-refractivity contribution >= 4 is 17.3 Å². The first-order valence-corrected chi connectivity index (χ1v) is 4.24. The van der Waals surface area contributed by atoms with Crippen LogP contribution in [0, 0.1) is 0 Å². The quantitative estimate of drug-likeness (QED) is 0.674. The van der Waals surface area contributed by atoms with Crippen LogP contribution in [0.5, 0.6) is 5.75 Å². The summed E-state index contributed by atoms with van der Waals surface area (Å²) in [6.07, 6.45) is -0.343. The Hall–Kier alpha value is -2.05. The monoisotopic (exact) mass is 232 g/mol. The van der Waals surface area contributed by atoms with E-state index in [1.165, 1.54) is 6.07 Å². The topological polar surface area (TPSA) is 98.6 Å². The number of alkyl halides is 2. The SMILES string of the molecule is Nc1cc(CC(=O)O)cc(OC(F)F)c1N. The van der Waals surface area contributed by atoms with Crippen LogP contribution in [-0.4, -0.2) is 17.7 Å². The van der Waals surface area contributed by atoms with Crippen LogP contribution < -0.4 is 16.2 Å². The summed E-state index contributed by atoms with van der Waals surface area (Å²) in [5.74, 6) is -1.42. The average molecular weight is 232 g/mol. The minimum Gasteiger partial charge on any atom is -0.481 e. The van der Waals surface area contributed by atoms with Gasteiger partial charge in [0.2, 0.25) is 0 Å². The average Bonchev–Trinajstić information content (AvgIpc) is 2.11. The molecule has 1 aromatic carbocycles. The molecule has 0 unspecified atom stereocenters. The van der Waals surface area contributed by atoms with E-state index in [-0.39, 0.29) is 29.1 Å². The van der Waals surface area contributed by atoms with Crippen LogP contribution in [0.1, 0.15) is 5.56 Å². The number of rotatable bonds is 4. The second-order valence-corrected chi connectivity index (χ2v) is 3.05. The summed E-state index contributed by atoms with van der Waals surface area (Å²) < 4.78 is 28.1. The standard InChI is InChI=1S/C9H10F2N2O3/c10-9(11)16-6-2-4(3-7(14)15)1-5(12)8(6)13/h1-2,9H,3,12-13H2,(H,14,15). The number of hydrogen-bond acceptors (Lipinski definition) is 4. The van der Waals surface area contributed by atoms with E-state index in [4.69, 9.17) is 16.6 Å². The molecule has 0 fully saturated rings. The maximum Gasteiger partial charge on any atom is 0.387 e. The molecule has 7 heteroatoms. The zero-order chi connectivity index (χ0) is 12.3. The van der Waals surface area contributed by atoms with Gasteiger partial charge >= 0.3 is 12.6 Å². The maximum atomic E-state index is 12.0. The first-order valence-electron chi connectivity index (χ1n) is 4.24. The number of ether oxygens (including phenoxy) is 1. The smallest absolute Gasteiger partial charge is 0.387 e. The van der Waals surface area contributed by atoms with E-state index >= 15 is 0 Å². The number of benzene rings is 1. The van der Waals surface area contributed by atoms with Crippen LogP contribution in [0.2, 0.25) is 0 Å². The van der Waals surface area contributed by atoms with Gasteiger partial charge in [0.1, 0.15) is 0 Å². The molecule has 5 N–H and O–H groups in total. The van der Waals surface area contributed by atoms with Crippen LogP contribution in [0.25, 0.3) is 0 Å². The van der Waals surface area contributed by atoms with E-state index in [9.17, 15) is 13.6 Å². The Morgan fingerprint density at radius 2 is 2.06 bits per heavy atom. The van der Waals surface area contributed by atoms with E-state index in [1.807, 2.05) is 0 Å². The van der Waals surface area contributed by atoms with Crippen LogP contribution in [0.15, 0.2) is 12.1 Å². The third-order valence-corrected chi connectivity index (χ3v) is 1.81. The summed E-state index contributed by atoms with van der Waals surface area (Å²) in [7, 11) is 0. The summed E-state index contributed by atoms with van der Waals surface area (Å²) in [4.78, 5) is 10.4. The molecule has 0 aliphatic heterocycles. The maximum absolute atomic E-state index is 12.0. The van der Waals surface area contributed by atoms with Gasteiger partial charge in [0.05, 0.1) is 17.8 Å². The van der Waals surface area contributed by atoms with Gasteiger partial charge in [-0.1, -0.05) is 0 Å². The van der Waals surface area contributed by atoms with E-state index in [0.29, 0.717) is 0 Å². The first-order chi connectivity index (χ1) is 7.40. The molecule has 0 radical (unpaired) electrons. The lowest BCUT2D eigenvalue weighted by molar-refractivity contribution is -0.136. The molecule has 0 saturated carbocycles. The number of carbonyl (C=O) groups is 1. The molecule has 0 spiro atoms. The van der Waals surface area contributed by atoms with Gasteiger partial charge in [0.25, 0.3) is 0 Å². The number of aliphatic carboxylic acids is 1. The van der Waals surface area contributed by atoms with Crippen LogP contribution in [-0.2, 0) is 11.2 Å². The highest BCUT2D eigenvalue weighted by Crippen LogP contribution is 2.30. The number of hydrogen-bond donors (Lipinski definition) is 3. The molecule has 16 heavy (non-hydrogen) atoms. The predicted molar refractivity (Wildman–Crippen MR) is 53.2 cm³/mol.